The van der Waals surface area contributed by atoms with Gasteiger partial charge in [-0.25, -0.2) is 0 Å². The predicted molar refractivity (Wildman–Crippen MR) is 87.4 cm³/mol. The maximum atomic E-state index is 4.68. The Morgan fingerprint density at radius 3 is 2.55 bits per heavy atom. The molecule has 0 bridgehead atoms. The monoisotopic (exact) mass is 467 g/mol. The van der Waals surface area contributed by atoms with Crippen molar-refractivity contribution in [3.8, 4) is 11.3 Å². The summed E-state index contributed by atoms with van der Waals surface area (Å²) in [7, 11) is 0. The summed E-state index contributed by atoms with van der Waals surface area (Å²) in [6, 6.07) is 18.6. The SMILES string of the molecule is CCC1(CC)c2ccc[c-]c2-c2nccc3cccc1c23.[Pt]. The van der Waals surface area contributed by atoms with Gasteiger partial charge in [0.25, 0.3) is 0 Å². The summed E-state index contributed by atoms with van der Waals surface area (Å²) < 4.78 is 0. The molecule has 0 saturated heterocycles. The molecule has 0 radical (unpaired) electrons. The van der Waals surface area contributed by atoms with Crippen molar-refractivity contribution in [3.05, 3.63) is 65.9 Å². The predicted octanol–water partition coefficient (Wildman–Crippen LogP) is 5.12. The first kappa shape index (κ1) is 15.4. The Morgan fingerprint density at radius 2 is 1.77 bits per heavy atom. The van der Waals surface area contributed by atoms with Crippen LogP contribution >= 0.6 is 0 Å². The summed E-state index contributed by atoms with van der Waals surface area (Å²) in [6.45, 7) is 4.58. The van der Waals surface area contributed by atoms with Gasteiger partial charge in [-0.05, 0) is 33.5 Å². The second-order valence-corrected chi connectivity index (χ2v) is 5.81. The Kier molecular flexibility index (Phi) is 3.95. The summed E-state index contributed by atoms with van der Waals surface area (Å²) in [5.41, 5.74) is 5.18. The summed E-state index contributed by atoms with van der Waals surface area (Å²) in [5, 5.41) is 2.60. The van der Waals surface area contributed by atoms with Crippen LogP contribution in [-0.4, -0.2) is 4.98 Å². The molecular weight excluding hydrogens is 449 g/mol. The van der Waals surface area contributed by atoms with E-state index in [1.807, 2.05) is 12.3 Å². The minimum absolute atomic E-state index is 0. The van der Waals surface area contributed by atoms with E-state index >= 15 is 0 Å². The quantitative estimate of drug-likeness (QED) is 0.477. The van der Waals surface area contributed by atoms with Crippen molar-refractivity contribution < 1.29 is 21.1 Å². The average molecular weight is 467 g/mol. The molecule has 1 aromatic heterocycles. The maximum Gasteiger partial charge on any atom is 0.0167 e. The average Bonchev–Trinajstić information content (AvgIpc) is 2.56. The zero-order valence-electron chi connectivity index (χ0n) is 12.8. The molecule has 0 atom stereocenters. The van der Waals surface area contributed by atoms with Gasteiger partial charge in [0.1, 0.15) is 0 Å². The van der Waals surface area contributed by atoms with E-state index < -0.39 is 0 Å². The molecule has 2 heteroatoms. The van der Waals surface area contributed by atoms with Gasteiger partial charge in [0.05, 0.1) is 0 Å². The molecule has 0 saturated carbocycles. The van der Waals surface area contributed by atoms with Crippen molar-refractivity contribution in [2.75, 3.05) is 0 Å². The number of hydrogen-bond acceptors (Lipinski definition) is 1. The van der Waals surface area contributed by atoms with Crippen molar-refractivity contribution in [2.45, 2.75) is 32.1 Å². The van der Waals surface area contributed by atoms with E-state index in [0.29, 0.717) is 0 Å². The smallest absolute Gasteiger partial charge is 0.0167 e. The van der Waals surface area contributed by atoms with Gasteiger partial charge in [-0.3, -0.25) is 0 Å². The molecule has 1 aliphatic rings. The molecule has 0 fully saturated rings. The summed E-state index contributed by atoms with van der Waals surface area (Å²) in [6.07, 6.45) is 4.11. The Labute approximate surface area is 146 Å². The van der Waals surface area contributed by atoms with E-state index in [4.69, 9.17) is 0 Å². The summed E-state index contributed by atoms with van der Waals surface area (Å²) in [5.74, 6) is 0. The summed E-state index contributed by atoms with van der Waals surface area (Å²) >= 11 is 0. The van der Waals surface area contributed by atoms with Crippen LogP contribution in [0.4, 0.5) is 0 Å². The van der Waals surface area contributed by atoms with Gasteiger partial charge in [-0.15, -0.1) is 35.4 Å². The van der Waals surface area contributed by atoms with Gasteiger partial charge in [-0.2, -0.15) is 0 Å². The Hall–Kier alpha value is -1.46. The minimum atomic E-state index is 0. The van der Waals surface area contributed by atoms with Crippen LogP contribution in [0.5, 0.6) is 0 Å². The number of fused-ring (bicyclic) bond motifs is 2. The first-order valence-electron chi connectivity index (χ1n) is 7.71. The van der Waals surface area contributed by atoms with Crippen LogP contribution < -0.4 is 0 Å². The largest absolute Gasteiger partial charge is 0.304 e. The minimum Gasteiger partial charge on any atom is -0.304 e. The van der Waals surface area contributed by atoms with Crippen molar-refractivity contribution >= 4 is 10.8 Å². The molecule has 0 N–H and O–H groups in total. The molecule has 22 heavy (non-hydrogen) atoms. The van der Waals surface area contributed by atoms with Crippen molar-refractivity contribution in [1.82, 2.24) is 4.98 Å². The number of aromatic nitrogens is 1. The standard InChI is InChI=1S/C20H18N.Pt/c1-3-20(4-2)16-10-6-5-9-15(16)19-18-14(12-13-21-19)8-7-11-17(18)20;/h5-8,10-13H,3-4H2,1-2H3;/q-1;. The molecule has 0 spiro atoms. The topological polar surface area (TPSA) is 12.9 Å². The zero-order valence-corrected chi connectivity index (χ0v) is 15.1. The fraction of sp³-hybridized carbons (Fsp3) is 0.250. The van der Waals surface area contributed by atoms with Crippen LogP contribution in [0, 0.1) is 6.07 Å². The Bertz CT molecular complexity index is 829. The number of pyridine rings is 1. The van der Waals surface area contributed by atoms with E-state index in [1.54, 1.807) is 0 Å². The van der Waals surface area contributed by atoms with Crippen LogP contribution in [0.15, 0.2) is 48.7 Å². The molecule has 0 aliphatic heterocycles. The molecule has 1 heterocycles. The molecule has 1 nitrogen and oxygen atoms in total. The third kappa shape index (κ3) is 1.85. The van der Waals surface area contributed by atoms with E-state index in [-0.39, 0.29) is 26.5 Å². The second kappa shape index (κ2) is 5.63. The van der Waals surface area contributed by atoms with E-state index in [1.165, 1.54) is 27.5 Å². The van der Waals surface area contributed by atoms with Crippen LogP contribution in [0.25, 0.3) is 22.0 Å². The fourth-order valence-corrected chi connectivity index (χ4v) is 4.01. The molecular formula is C20H18NPt-. The molecule has 2 aromatic carbocycles. The molecule has 1 aliphatic carbocycles. The molecule has 114 valence electrons. The molecule has 0 unspecified atom stereocenters. The first-order valence-corrected chi connectivity index (χ1v) is 7.71. The molecule has 4 rings (SSSR count). The van der Waals surface area contributed by atoms with Crippen molar-refractivity contribution in [3.63, 3.8) is 0 Å². The van der Waals surface area contributed by atoms with Gasteiger partial charge >= 0.3 is 0 Å². The summed E-state index contributed by atoms with van der Waals surface area (Å²) in [4.78, 5) is 4.68. The molecule has 0 amide bonds. The van der Waals surface area contributed by atoms with Crippen LogP contribution in [-0.2, 0) is 26.5 Å². The van der Waals surface area contributed by atoms with Gasteiger partial charge < -0.3 is 4.98 Å². The zero-order chi connectivity index (χ0) is 14.4. The van der Waals surface area contributed by atoms with Crippen LogP contribution in [0.1, 0.15) is 37.8 Å². The Morgan fingerprint density at radius 1 is 1.00 bits per heavy atom. The first-order chi connectivity index (χ1) is 10.3. The number of nitrogens with zero attached hydrogens (tertiary/aromatic N) is 1. The van der Waals surface area contributed by atoms with Gasteiger partial charge in [0, 0.05) is 27.3 Å². The third-order valence-electron chi connectivity index (χ3n) is 5.12. The number of rotatable bonds is 2. The van der Waals surface area contributed by atoms with Crippen molar-refractivity contribution in [2.24, 2.45) is 0 Å². The maximum absolute atomic E-state index is 4.68. The number of benzene rings is 2. The second-order valence-electron chi connectivity index (χ2n) is 5.81. The van der Waals surface area contributed by atoms with Gasteiger partial charge in [-0.1, -0.05) is 44.9 Å². The fourth-order valence-electron chi connectivity index (χ4n) is 4.01. The van der Waals surface area contributed by atoms with E-state index in [0.717, 1.165) is 18.5 Å². The van der Waals surface area contributed by atoms with Crippen molar-refractivity contribution in [1.29, 1.82) is 0 Å². The van der Waals surface area contributed by atoms with Gasteiger partial charge in [0.2, 0.25) is 0 Å². The van der Waals surface area contributed by atoms with Crippen LogP contribution in [0.3, 0.4) is 0 Å². The van der Waals surface area contributed by atoms with Crippen LogP contribution in [0.2, 0.25) is 0 Å². The van der Waals surface area contributed by atoms with E-state index in [2.05, 4.69) is 61.3 Å². The number of hydrogen-bond donors (Lipinski definition) is 0. The Balaban J connectivity index is 0.00000144. The van der Waals surface area contributed by atoms with E-state index in [9.17, 15) is 0 Å². The normalized spacial score (nSPS) is 14.3. The molecule has 3 aromatic rings. The van der Waals surface area contributed by atoms with Gasteiger partial charge in [0.15, 0.2) is 0 Å². The third-order valence-corrected chi connectivity index (χ3v) is 5.12.